The van der Waals surface area contributed by atoms with E-state index in [1.54, 1.807) is 57.2 Å². The number of Topliss-reactive ketones (excluding diaryl/α,β-unsaturated/α-hetero) is 1. The van der Waals surface area contributed by atoms with Crippen LogP contribution in [0.2, 0.25) is 0 Å². The largest absolute Gasteiger partial charge is 0.444 e. The van der Waals surface area contributed by atoms with Crippen LogP contribution in [-0.2, 0) is 49.5 Å². The molecule has 1 saturated carbocycles. The fourth-order valence-electron chi connectivity index (χ4n) is 8.72. The van der Waals surface area contributed by atoms with Gasteiger partial charge >= 0.3 is 6.09 Å². The van der Waals surface area contributed by atoms with E-state index in [0.29, 0.717) is 36.3 Å². The SMILES string of the molecule is CC(C)(C)OC(=O)Nc1cccn([C@@H](CC2CC2)C(=O)N[C@@H](C[C@@H]2CCNC2=O)C(=O)C(=O)NCc2ccc(C(=O)NCCOCCOCCNc3cccc4c3C(=O)N(C3CCC(=O)NC3=O)C4=O)cc2)c1=O. The van der Waals surface area contributed by atoms with Crippen LogP contribution in [0.5, 0.6) is 0 Å². The van der Waals surface area contributed by atoms with Crippen LogP contribution in [-0.4, -0.2) is 132 Å². The molecule has 1 aromatic heterocycles. The Balaban J connectivity index is 0.827. The van der Waals surface area contributed by atoms with Gasteiger partial charge in [-0.1, -0.05) is 31.0 Å². The first-order valence-electron chi connectivity index (χ1n) is 24.6. The number of anilines is 2. The molecular weight excluding hydrogens is 963 g/mol. The zero-order chi connectivity index (χ0) is 53.1. The maximum atomic E-state index is 14.1. The number of ether oxygens (including phenoxy) is 3. The van der Waals surface area contributed by atoms with Crippen molar-refractivity contribution >= 4 is 70.5 Å². The lowest BCUT2D eigenvalue weighted by molar-refractivity contribution is -0.141. The summed E-state index contributed by atoms with van der Waals surface area (Å²) in [5, 5.41) is 18.4. The highest BCUT2D eigenvalue weighted by atomic mass is 16.6. The Morgan fingerprint density at radius 2 is 1.49 bits per heavy atom. The number of hydrogen-bond donors (Lipinski definition) is 7. The van der Waals surface area contributed by atoms with Gasteiger partial charge in [-0.05, 0) is 94.3 Å². The molecule has 394 valence electrons. The molecule has 1 aliphatic carbocycles. The van der Waals surface area contributed by atoms with Gasteiger partial charge in [-0.2, -0.15) is 0 Å². The number of carbonyl (C=O) groups excluding carboxylic acids is 10. The molecular formula is C51H61N9O14. The molecule has 3 fully saturated rings. The summed E-state index contributed by atoms with van der Waals surface area (Å²) in [7, 11) is 0. The number of nitrogens with one attached hydrogen (secondary N) is 7. The number of fused-ring (bicyclic) bond motifs is 1. The van der Waals surface area contributed by atoms with E-state index in [2.05, 4.69) is 37.2 Å². The van der Waals surface area contributed by atoms with Crippen LogP contribution in [0.4, 0.5) is 16.2 Å². The second-order valence-electron chi connectivity index (χ2n) is 19.4. The molecule has 4 heterocycles. The predicted molar refractivity (Wildman–Crippen MR) is 263 cm³/mol. The minimum absolute atomic E-state index is 0.0218. The van der Waals surface area contributed by atoms with E-state index >= 15 is 0 Å². The van der Waals surface area contributed by atoms with Gasteiger partial charge in [0.25, 0.3) is 29.2 Å². The maximum Gasteiger partial charge on any atom is 0.412 e. The van der Waals surface area contributed by atoms with Crippen LogP contribution in [0.25, 0.3) is 0 Å². The third-order valence-electron chi connectivity index (χ3n) is 12.6. The Kier molecular flexibility index (Phi) is 17.7. The van der Waals surface area contributed by atoms with Crippen molar-refractivity contribution in [3.63, 3.8) is 0 Å². The minimum atomic E-state index is -1.41. The van der Waals surface area contributed by atoms with Crippen molar-refractivity contribution in [3.8, 4) is 0 Å². The van der Waals surface area contributed by atoms with Crippen LogP contribution in [0.1, 0.15) is 108 Å². The lowest BCUT2D eigenvalue weighted by atomic mass is 9.94. The molecule has 4 atom stereocenters. The summed E-state index contributed by atoms with van der Waals surface area (Å²) in [5.74, 6) is -6.26. The number of aromatic nitrogens is 1. The van der Waals surface area contributed by atoms with Crippen molar-refractivity contribution < 1.29 is 62.2 Å². The number of rotatable bonds is 24. The zero-order valence-corrected chi connectivity index (χ0v) is 41.4. The van der Waals surface area contributed by atoms with Gasteiger partial charge in [0.05, 0.1) is 43.6 Å². The van der Waals surface area contributed by atoms with E-state index in [9.17, 15) is 52.7 Å². The van der Waals surface area contributed by atoms with Crippen LogP contribution >= 0.6 is 0 Å². The highest BCUT2D eigenvalue weighted by Crippen LogP contribution is 2.37. The molecule has 3 aromatic rings. The van der Waals surface area contributed by atoms with Gasteiger partial charge in [0.1, 0.15) is 23.4 Å². The molecule has 7 rings (SSSR count). The molecule has 3 aliphatic heterocycles. The van der Waals surface area contributed by atoms with Gasteiger partial charge in [-0.25, -0.2) is 4.79 Å². The Morgan fingerprint density at radius 1 is 0.770 bits per heavy atom. The van der Waals surface area contributed by atoms with E-state index in [1.807, 2.05) is 0 Å². The van der Waals surface area contributed by atoms with Crippen molar-refractivity contribution in [2.45, 2.75) is 96.0 Å². The summed E-state index contributed by atoms with van der Waals surface area (Å²) in [5.41, 5.74) is -0.00578. The lowest BCUT2D eigenvalue weighted by Gasteiger charge is -2.27. The molecule has 23 heteroatoms. The van der Waals surface area contributed by atoms with Crippen molar-refractivity contribution in [2.75, 3.05) is 56.7 Å². The van der Waals surface area contributed by atoms with Gasteiger partial charge in [0, 0.05) is 56.0 Å². The first-order valence-corrected chi connectivity index (χ1v) is 24.6. The highest BCUT2D eigenvalue weighted by molar-refractivity contribution is 6.38. The molecule has 23 nitrogen and oxygen atoms in total. The molecule has 0 spiro atoms. The molecule has 0 bridgehead atoms. The fraction of sp³-hybridized carbons (Fsp3) is 0.471. The Labute approximate surface area is 425 Å². The van der Waals surface area contributed by atoms with Crippen LogP contribution in [0, 0.1) is 11.8 Å². The first-order chi connectivity index (χ1) is 35.4. The average molecular weight is 1020 g/mol. The van der Waals surface area contributed by atoms with E-state index in [1.165, 1.54) is 29.0 Å². The zero-order valence-electron chi connectivity index (χ0n) is 41.4. The maximum absolute atomic E-state index is 14.1. The minimum Gasteiger partial charge on any atom is -0.444 e. The quantitative estimate of drug-likeness (QED) is 0.0382. The fourth-order valence-corrected chi connectivity index (χ4v) is 8.72. The molecule has 2 aromatic carbocycles. The normalized spacial score (nSPS) is 18.1. The Hall–Kier alpha value is -7.79. The Morgan fingerprint density at radius 3 is 2.16 bits per heavy atom. The summed E-state index contributed by atoms with van der Waals surface area (Å²) in [4.78, 5) is 144. The number of benzene rings is 2. The van der Waals surface area contributed by atoms with Gasteiger partial charge in [0.2, 0.25) is 29.4 Å². The predicted octanol–water partition coefficient (Wildman–Crippen LogP) is 1.71. The Bertz CT molecular complexity index is 2730. The number of ketones is 1. The highest BCUT2D eigenvalue weighted by Gasteiger charge is 2.46. The molecule has 1 unspecified atom stereocenters. The lowest BCUT2D eigenvalue weighted by Crippen LogP contribution is -2.54. The molecule has 2 saturated heterocycles. The number of imide groups is 2. The topological polar surface area (TPSA) is 308 Å². The van der Waals surface area contributed by atoms with Crippen molar-refractivity contribution in [3.05, 3.63) is 93.4 Å². The summed E-state index contributed by atoms with van der Waals surface area (Å²) in [6.45, 7) is 6.66. The second-order valence-corrected chi connectivity index (χ2v) is 19.4. The van der Waals surface area contributed by atoms with E-state index < -0.39 is 82.5 Å². The summed E-state index contributed by atoms with van der Waals surface area (Å²) < 4.78 is 17.7. The standard InChI is InChI=1S/C51H61N9O14/c1-51(2,3)74-50(71)57-35-8-5-21-59(48(35)69)38(26-29-9-10-29)45(66)56-36(27-32-17-18-53-43(32)64)41(62)46(67)55-28-30-11-13-31(14-12-30)42(63)54-20-23-73-25-24-72-22-19-52-34-7-4-6-33-40(34)49(70)60(47(33)68)37-15-16-39(61)58-44(37)65/h4-8,11-14,21,29,32,36-38,52H,9-10,15-20,22-28H2,1-3H3,(H,53,64)(H,54,63)(H,55,67)(H,56,66)(H,57,71)(H,58,61,65)/t32-,36-,37?,38-/m0/s1. The number of pyridine rings is 1. The molecule has 0 radical (unpaired) electrons. The van der Waals surface area contributed by atoms with E-state index in [-0.39, 0.29) is 99.7 Å². The summed E-state index contributed by atoms with van der Waals surface area (Å²) in [6, 6.07) is 10.4. The number of nitrogens with zero attached hydrogens (tertiary/aromatic N) is 2. The van der Waals surface area contributed by atoms with Crippen molar-refractivity contribution in [1.82, 2.24) is 36.1 Å². The second kappa shape index (κ2) is 24.3. The van der Waals surface area contributed by atoms with Crippen LogP contribution < -0.4 is 42.8 Å². The monoisotopic (exact) mass is 1020 g/mol. The first kappa shape index (κ1) is 54.0. The smallest absolute Gasteiger partial charge is 0.412 e. The molecule has 7 N–H and O–H groups in total. The van der Waals surface area contributed by atoms with Gasteiger partial charge in [-0.3, -0.25) is 63.5 Å². The van der Waals surface area contributed by atoms with Crippen LogP contribution in [0.3, 0.4) is 0 Å². The van der Waals surface area contributed by atoms with Gasteiger partial charge < -0.3 is 45.4 Å². The number of hydrogen-bond acceptors (Lipinski definition) is 15. The van der Waals surface area contributed by atoms with Gasteiger partial charge in [0.15, 0.2) is 0 Å². The van der Waals surface area contributed by atoms with Gasteiger partial charge in [-0.15, -0.1) is 0 Å². The van der Waals surface area contributed by atoms with E-state index in [0.717, 1.165) is 17.7 Å². The third kappa shape index (κ3) is 14.0. The average Bonchev–Trinajstić information content (AvgIpc) is 4.04. The van der Waals surface area contributed by atoms with E-state index in [4.69, 9.17) is 14.2 Å². The summed E-state index contributed by atoms with van der Waals surface area (Å²) >= 11 is 0. The summed E-state index contributed by atoms with van der Waals surface area (Å²) in [6.07, 6.45) is 2.79. The third-order valence-corrected chi connectivity index (χ3v) is 12.6. The molecule has 9 amide bonds. The number of amides is 9. The van der Waals surface area contributed by atoms with Crippen molar-refractivity contribution in [1.29, 1.82) is 0 Å². The number of piperidine rings is 1. The number of carbonyl (C=O) groups is 10. The van der Waals surface area contributed by atoms with Crippen LogP contribution in [0.15, 0.2) is 65.6 Å². The van der Waals surface area contributed by atoms with Crippen molar-refractivity contribution in [2.24, 2.45) is 11.8 Å². The molecule has 74 heavy (non-hydrogen) atoms. The molecule has 4 aliphatic rings.